The Labute approximate surface area is 379 Å². The molecular weight excluding hydrogens is 799 g/mol. The lowest BCUT2D eigenvalue weighted by atomic mass is 9.98. The summed E-state index contributed by atoms with van der Waals surface area (Å²) in [5.41, 5.74) is 17.0. The van der Waals surface area contributed by atoms with Crippen molar-refractivity contribution >= 4 is 29.2 Å². The van der Waals surface area contributed by atoms with E-state index in [-0.39, 0.29) is 18.2 Å². The summed E-state index contributed by atoms with van der Waals surface area (Å²) in [5, 5.41) is 0. The Morgan fingerprint density at radius 1 is 0.609 bits per heavy atom. The van der Waals surface area contributed by atoms with Gasteiger partial charge in [-0.3, -0.25) is 19.6 Å². The first-order valence-corrected chi connectivity index (χ1v) is 22.4. The number of ketones is 1. The minimum atomic E-state index is -0.301. The minimum Gasteiger partial charge on any atom is -0.426 e. The van der Waals surface area contributed by atoms with E-state index in [1.165, 1.54) is 36.8 Å². The average molecular weight is 864 g/mol. The van der Waals surface area contributed by atoms with E-state index in [0.29, 0.717) is 36.6 Å². The van der Waals surface area contributed by atoms with Gasteiger partial charge < -0.3 is 26.0 Å². The molecule has 0 aliphatic carbocycles. The van der Waals surface area contributed by atoms with E-state index < -0.39 is 0 Å². The first-order chi connectivity index (χ1) is 31.1. The van der Waals surface area contributed by atoms with Crippen molar-refractivity contribution in [2.75, 3.05) is 41.7 Å². The number of nitrogens with zero attached hydrogens (tertiary/aromatic N) is 7. The van der Waals surface area contributed by atoms with Crippen LogP contribution >= 0.6 is 0 Å². The van der Waals surface area contributed by atoms with E-state index in [9.17, 15) is 9.59 Å². The summed E-state index contributed by atoms with van der Waals surface area (Å²) < 4.78 is 5.14. The third-order valence-corrected chi connectivity index (χ3v) is 11.1. The molecule has 0 saturated carbocycles. The summed E-state index contributed by atoms with van der Waals surface area (Å²) in [6, 6.07) is 33.9. The van der Waals surface area contributed by atoms with Crippen LogP contribution in [0.15, 0.2) is 128 Å². The number of para-hydroxylation sites is 1. The number of esters is 1. The van der Waals surface area contributed by atoms with Crippen LogP contribution < -0.4 is 26.0 Å². The number of nitrogen functional groups attached to an aromatic ring is 1. The number of Topliss-reactive ketones (excluding diaryl/α,β-unsaturated/α-hetero) is 1. The van der Waals surface area contributed by atoms with Gasteiger partial charge >= 0.3 is 5.97 Å². The fraction of sp³-hybridized carbons (Fsp3) is 0.365. The van der Waals surface area contributed by atoms with Crippen LogP contribution in [-0.4, -0.2) is 62.9 Å². The van der Waals surface area contributed by atoms with Crippen LogP contribution in [0.4, 0.5) is 17.5 Å². The van der Waals surface area contributed by atoms with E-state index >= 15 is 0 Å². The second-order valence-electron chi connectivity index (χ2n) is 16.5. The Hall–Kier alpha value is -6.53. The number of hydrogen-bond acceptors (Lipinski definition) is 12. The van der Waals surface area contributed by atoms with Crippen LogP contribution in [0.3, 0.4) is 0 Å². The van der Waals surface area contributed by atoms with Crippen LogP contribution in [0.2, 0.25) is 0 Å². The van der Waals surface area contributed by atoms with Gasteiger partial charge in [0.1, 0.15) is 29.0 Å². The smallest absolute Gasteiger partial charge is 0.317 e. The van der Waals surface area contributed by atoms with Crippen LogP contribution in [0.1, 0.15) is 79.9 Å². The van der Waals surface area contributed by atoms with Gasteiger partial charge in [0.25, 0.3) is 0 Å². The SMILES string of the molecule is Cc1ccc(CCC(=O)Cc2ccccn2)c(N2CCC(C)CC2)n1.Cc1ccc(CN)c(N2CCC(C)CC2)n1.Nc1ccccn1.O=C(Cc1ccccn1)Oc1ccccc1. The highest BCUT2D eigenvalue weighted by molar-refractivity contribution is 5.80. The number of piperidine rings is 2. The van der Waals surface area contributed by atoms with Gasteiger partial charge in [0.15, 0.2) is 0 Å². The van der Waals surface area contributed by atoms with Crippen LogP contribution in [0, 0.1) is 25.7 Å². The number of aromatic nitrogens is 5. The van der Waals surface area contributed by atoms with Gasteiger partial charge in [0, 0.05) is 86.8 Å². The largest absolute Gasteiger partial charge is 0.426 e. The van der Waals surface area contributed by atoms with Crippen LogP contribution in [0.25, 0.3) is 0 Å². The van der Waals surface area contributed by atoms with E-state index in [4.69, 9.17) is 21.2 Å². The maximum atomic E-state index is 12.3. The van der Waals surface area contributed by atoms with Gasteiger partial charge in [0.05, 0.1) is 12.1 Å². The van der Waals surface area contributed by atoms with Crippen molar-refractivity contribution in [3.8, 4) is 5.75 Å². The lowest BCUT2D eigenvalue weighted by Crippen LogP contribution is -2.34. The third kappa shape index (κ3) is 17.0. The van der Waals surface area contributed by atoms with E-state index in [1.807, 2.05) is 80.6 Å². The second kappa shape index (κ2) is 26.2. The standard InChI is InChI=1S/C21H27N3O.C13H21N3.C13H11NO2.C5H6N2/c1-16-10-13-24(14-11-16)21-18(7-6-17(2)23-21)8-9-20(25)15-19-5-3-4-12-22-19;1-10-5-7-16(8-6-10)13-12(9-14)4-3-11(2)15-13;15-13(10-11-6-4-5-9-14-11)16-12-7-2-1-3-8-12;6-5-3-1-2-4-7-5/h3-7,12,16H,8-11,13-15H2,1-2H3;3-4,10H,5-9,14H2,1-2H3;1-9H,10H2;1-4H,(H2,6,7). The molecule has 4 N–H and O–H groups in total. The van der Waals surface area contributed by atoms with Gasteiger partial charge in [-0.25, -0.2) is 15.0 Å². The van der Waals surface area contributed by atoms with E-state index in [2.05, 4.69) is 61.8 Å². The number of ether oxygens (including phenoxy) is 1. The molecule has 0 unspecified atom stereocenters. The Balaban J connectivity index is 0.000000173. The molecule has 1 aromatic carbocycles. The quantitative estimate of drug-likeness (QED) is 0.0941. The molecule has 7 heterocycles. The van der Waals surface area contributed by atoms with Gasteiger partial charge in [-0.1, -0.05) is 62.4 Å². The predicted molar refractivity (Wildman–Crippen MR) is 257 cm³/mol. The maximum absolute atomic E-state index is 12.3. The molecule has 8 rings (SSSR count). The molecule has 2 saturated heterocycles. The molecule has 0 bridgehead atoms. The lowest BCUT2D eigenvalue weighted by Gasteiger charge is -2.32. The Kier molecular flexibility index (Phi) is 19.8. The zero-order valence-electron chi connectivity index (χ0n) is 38.0. The highest BCUT2D eigenvalue weighted by atomic mass is 16.5. The molecule has 2 fully saturated rings. The summed E-state index contributed by atoms with van der Waals surface area (Å²) in [5.74, 6) is 4.90. The van der Waals surface area contributed by atoms with Crippen molar-refractivity contribution in [1.82, 2.24) is 24.9 Å². The van der Waals surface area contributed by atoms with Crippen molar-refractivity contribution in [3.05, 3.63) is 162 Å². The normalized spacial score (nSPS) is 13.8. The Morgan fingerprint density at radius 2 is 1.09 bits per heavy atom. The van der Waals surface area contributed by atoms with Crippen molar-refractivity contribution in [3.63, 3.8) is 0 Å². The number of carbonyl (C=O) groups excluding carboxylic acids is 2. The van der Waals surface area contributed by atoms with Gasteiger partial charge in [-0.05, 0) is 124 Å². The Morgan fingerprint density at radius 3 is 1.56 bits per heavy atom. The van der Waals surface area contributed by atoms with Crippen LogP contribution in [-0.2, 0) is 35.4 Å². The number of rotatable bonds is 11. The number of aryl methyl sites for hydroxylation is 3. The number of hydrogen-bond donors (Lipinski definition) is 2. The first-order valence-electron chi connectivity index (χ1n) is 22.4. The Bertz CT molecular complexity index is 2220. The molecule has 2 aliphatic heterocycles. The van der Waals surface area contributed by atoms with E-state index in [0.717, 1.165) is 73.2 Å². The minimum absolute atomic E-state index is 0.190. The molecule has 5 aromatic heterocycles. The number of benzene rings is 1. The van der Waals surface area contributed by atoms with E-state index in [1.54, 1.807) is 42.9 Å². The molecule has 6 aromatic rings. The molecule has 0 radical (unpaired) electrons. The number of anilines is 3. The molecule has 12 heteroatoms. The molecule has 0 amide bonds. The molecule has 2 aliphatic rings. The number of pyridine rings is 5. The molecule has 0 atom stereocenters. The third-order valence-electron chi connectivity index (χ3n) is 11.1. The zero-order valence-corrected chi connectivity index (χ0v) is 38.0. The van der Waals surface area contributed by atoms with Crippen molar-refractivity contribution in [2.45, 2.75) is 85.6 Å². The summed E-state index contributed by atoms with van der Waals surface area (Å²) in [6.07, 6.45) is 11.9. The fourth-order valence-electron chi connectivity index (χ4n) is 7.24. The summed E-state index contributed by atoms with van der Waals surface area (Å²) in [6.45, 7) is 13.6. The summed E-state index contributed by atoms with van der Waals surface area (Å²) in [4.78, 5) is 50.1. The molecule has 336 valence electrons. The highest BCUT2D eigenvalue weighted by Gasteiger charge is 2.21. The van der Waals surface area contributed by atoms with Crippen molar-refractivity contribution in [1.29, 1.82) is 0 Å². The van der Waals surface area contributed by atoms with Crippen molar-refractivity contribution < 1.29 is 14.3 Å². The monoisotopic (exact) mass is 864 g/mol. The molecular formula is C52H65N9O3. The average Bonchev–Trinajstić information content (AvgIpc) is 3.31. The lowest BCUT2D eigenvalue weighted by molar-refractivity contribution is -0.133. The van der Waals surface area contributed by atoms with Crippen LogP contribution in [0.5, 0.6) is 5.75 Å². The predicted octanol–water partition coefficient (Wildman–Crippen LogP) is 8.74. The van der Waals surface area contributed by atoms with Gasteiger partial charge in [0.2, 0.25) is 0 Å². The maximum Gasteiger partial charge on any atom is 0.317 e. The first kappa shape index (κ1) is 48.5. The van der Waals surface area contributed by atoms with Gasteiger partial charge in [-0.15, -0.1) is 0 Å². The van der Waals surface area contributed by atoms with Crippen molar-refractivity contribution in [2.24, 2.45) is 17.6 Å². The fourth-order valence-corrected chi connectivity index (χ4v) is 7.24. The molecule has 64 heavy (non-hydrogen) atoms. The summed E-state index contributed by atoms with van der Waals surface area (Å²) >= 11 is 0. The number of carbonyl (C=O) groups is 2. The molecule has 12 nitrogen and oxygen atoms in total. The topological polar surface area (TPSA) is 166 Å². The zero-order chi connectivity index (χ0) is 45.5. The molecule has 0 spiro atoms. The number of nitrogens with two attached hydrogens (primary N) is 2. The highest BCUT2D eigenvalue weighted by Crippen LogP contribution is 2.27. The summed E-state index contributed by atoms with van der Waals surface area (Å²) in [7, 11) is 0. The second-order valence-corrected chi connectivity index (χ2v) is 16.5. The van der Waals surface area contributed by atoms with Gasteiger partial charge in [-0.2, -0.15) is 0 Å².